The van der Waals surface area contributed by atoms with Crippen molar-refractivity contribution in [2.24, 2.45) is 0 Å². The van der Waals surface area contributed by atoms with Crippen molar-refractivity contribution in [2.45, 2.75) is 144 Å². The van der Waals surface area contributed by atoms with Crippen LogP contribution in [0.2, 0.25) is 99.7 Å². The second-order valence-corrected chi connectivity index (χ2v) is 47.4. The van der Waals surface area contributed by atoms with Crippen LogP contribution in [-0.4, -0.2) is 74.2 Å². The van der Waals surface area contributed by atoms with Crippen LogP contribution in [-0.2, 0) is 0 Å². The highest BCUT2D eigenvalue weighted by Gasteiger charge is 2.41. The van der Waals surface area contributed by atoms with Gasteiger partial charge in [0.2, 0.25) is 0 Å². The van der Waals surface area contributed by atoms with Crippen molar-refractivity contribution >= 4 is 75.4 Å². The van der Waals surface area contributed by atoms with Crippen molar-refractivity contribution in [3.8, 4) is 0 Å². The quantitative estimate of drug-likeness (QED) is 0.0250. The molecule has 1 N–H and O–H groups in total. The third-order valence-corrected chi connectivity index (χ3v) is 35.0. The second-order valence-electron chi connectivity index (χ2n) is 21.9. The van der Waals surface area contributed by atoms with Gasteiger partial charge in [0.05, 0.1) is 32.3 Å². The van der Waals surface area contributed by atoms with E-state index in [4.69, 9.17) is 0 Å². The molecule has 1 heterocycles. The van der Waals surface area contributed by atoms with Crippen molar-refractivity contribution in [3.63, 3.8) is 0 Å². The lowest BCUT2D eigenvalue weighted by molar-refractivity contribution is 0.197. The molecule has 5 rings (SSSR count). The highest BCUT2D eigenvalue weighted by atomic mass is 31.1. The zero-order valence-corrected chi connectivity index (χ0v) is 47.8. The predicted molar refractivity (Wildman–Crippen MR) is 311 cm³/mol. The molecule has 1 fully saturated rings. The topological polar surface area (TPSA) is 32.3 Å². The Morgan fingerprint density at radius 2 is 0.924 bits per heavy atom. The van der Waals surface area contributed by atoms with Crippen molar-refractivity contribution < 1.29 is 4.79 Å². The Kier molecular flexibility index (Phi) is 21.9. The first-order valence-electron chi connectivity index (χ1n) is 25.3. The number of hydrogen-bond donors (Lipinski definition) is 1. The van der Waals surface area contributed by atoms with E-state index in [1.54, 1.807) is 0 Å². The molecule has 0 bridgehead atoms. The standard InChI is InChI=1S/C57H86N2OP2Si4/c1-10-38-63(4,5)41-26-45-66(46-27-42-64(6,7)39-11-2,47-28-43-65(8,9)40-12-3)44-25-37-58-57(60)59-49-56(62(54-33-21-15-22-34-54)55-35-23-16-24-36-55)48-51(59)50-61(52-29-17-13-18-30-52)53-31-19-14-20-32-53/h10-24,29-36,51,56H,1-3,25-28,37-50H2,4-9H3,(H,58,60)/t51-,56-/m0/s1. The third-order valence-electron chi connectivity index (χ3n) is 14.5. The minimum atomic E-state index is -1.65. The number of rotatable bonds is 29. The number of allylic oxidation sites excluding steroid dienone is 3. The summed E-state index contributed by atoms with van der Waals surface area (Å²) in [4.78, 5) is 17.2. The molecule has 0 radical (unpaired) electrons. The average Bonchev–Trinajstić information content (AvgIpc) is 3.71. The Balaban J connectivity index is 1.40. The first-order chi connectivity index (χ1) is 31.7. The summed E-state index contributed by atoms with van der Waals surface area (Å²) in [6.45, 7) is 29.4. The smallest absolute Gasteiger partial charge is 0.317 e. The summed E-state index contributed by atoms with van der Waals surface area (Å²) in [6, 6.07) is 58.3. The maximum Gasteiger partial charge on any atom is 0.317 e. The van der Waals surface area contributed by atoms with Gasteiger partial charge >= 0.3 is 6.03 Å². The second kappa shape index (κ2) is 26.7. The molecule has 0 spiro atoms. The molecule has 2 amide bonds. The molecule has 2 atom stereocenters. The zero-order valence-electron chi connectivity index (χ0n) is 42.0. The van der Waals surface area contributed by atoms with E-state index in [-0.39, 0.29) is 12.1 Å². The molecular formula is C57H86N2OP2Si4. The lowest BCUT2D eigenvalue weighted by Crippen LogP contribution is -2.45. The summed E-state index contributed by atoms with van der Waals surface area (Å²) in [5, 5.41) is 9.20. The summed E-state index contributed by atoms with van der Waals surface area (Å²) in [6.07, 6.45) is 13.7. The van der Waals surface area contributed by atoms with E-state index in [2.05, 4.69) is 209 Å². The van der Waals surface area contributed by atoms with Gasteiger partial charge in [-0.05, 0) is 74.2 Å². The molecule has 66 heavy (non-hydrogen) atoms. The van der Waals surface area contributed by atoms with Crippen molar-refractivity contribution in [1.82, 2.24) is 10.2 Å². The van der Waals surface area contributed by atoms with Gasteiger partial charge in [0, 0.05) is 24.8 Å². The normalized spacial score (nSPS) is 15.8. The molecule has 0 saturated carbocycles. The number of nitrogens with one attached hydrogen (secondary N) is 1. The molecule has 0 aliphatic carbocycles. The summed E-state index contributed by atoms with van der Waals surface area (Å²) in [5.41, 5.74) is 0.376. The molecule has 4 aromatic rings. The van der Waals surface area contributed by atoms with Crippen LogP contribution in [0, 0.1) is 0 Å². The maximum absolute atomic E-state index is 14.9. The lowest BCUT2D eigenvalue weighted by atomic mass is 10.2. The van der Waals surface area contributed by atoms with Crippen LogP contribution in [0.15, 0.2) is 159 Å². The average molecular weight is 990 g/mol. The predicted octanol–water partition coefficient (Wildman–Crippen LogP) is 15.1. The summed E-state index contributed by atoms with van der Waals surface area (Å²) < 4.78 is 0. The largest absolute Gasteiger partial charge is 0.338 e. The minimum Gasteiger partial charge on any atom is -0.338 e. The van der Waals surface area contributed by atoms with E-state index in [0.29, 0.717) is 5.66 Å². The van der Waals surface area contributed by atoms with Crippen LogP contribution in [0.1, 0.15) is 32.1 Å². The highest BCUT2D eigenvalue weighted by molar-refractivity contribution is 7.74. The fourth-order valence-corrected chi connectivity index (χ4v) is 28.9. The number of likely N-dealkylation sites (tertiary alicyclic amines) is 1. The number of urea groups is 1. The molecule has 1 aliphatic rings. The zero-order chi connectivity index (χ0) is 47.5. The van der Waals surface area contributed by atoms with Crippen LogP contribution in [0.4, 0.5) is 4.79 Å². The van der Waals surface area contributed by atoms with Crippen molar-refractivity contribution in [3.05, 3.63) is 159 Å². The van der Waals surface area contributed by atoms with Gasteiger partial charge < -0.3 is 10.2 Å². The molecule has 4 aromatic carbocycles. The number of amides is 2. The molecule has 1 aliphatic heterocycles. The Labute approximate surface area is 410 Å². The van der Waals surface area contributed by atoms with Gasteiger partial charge in [-0.1, -0.05) is 240 Å². The van der Waals surface area contributed by atoms with Gasteiger partial charge in [0.15, 0.2) is 0 Å². The first kappa shape index (κ1) is 54.0. The highest BCUT2D eigenvalue weighted by Crippen LogP contribution is 2.48. The van der Waals surface area contributed by atoms with Gasteiger partial charge in [-0.15, -0.1) is 19.7 Å². The van der Waals surface area contributed by atoms with Crippen LogP contribution in [0.25, 0.3) is 0 Å². The van der Waals surface area contributed by atoms with Crippen LogP contribution < -0.4 is 26.5 Å². The summed E-state index contributed by atoms with van der Waals surface area (Å²) >= 11 is 0. The number of carbonyl (C=O) groups excluding carboxylic acids is 1. The number of hydrogen-bond acceptors (Lipinski definition) is 1. The molecule has 356 valence electrons. The maximum atomic E-state index is 14.9. The lowest BCUT2D eigenvalue weighted by Gasteiger charge is -2.36. The minimum absolute atomic E-state index is 0.147. The van der Waals surface area contributed by atoms with Crippen molar-refractivity contribution in [2.75, 3.05) is 19.3 Å². The first-order valence-corrected chi connectivity index (χ1v) is 41.3. The molecular weight excluding hydrogens is 903 g/mol. The van der Waals surface area contributed by atoms with E-state index in [1.165, 1.54) is 101 Å². The van der Waals surface area contributed by atoms with Crippen molar-refractivity contribution in [1.29, 1.82) is 0 Å². The Hall–Kier alpha value is -2.90. The van der Waals surface area contributed by atoms with E-state index >= 15 is 0 Å². The number of nitrogens with zero attached hydrogens (tertiary/aromatic N) is 1. The van der Waals surface area contributed by atoms with Crippen LogP contribution in [0.5, 0.6) is 0 Å². The van der Waals surface area contributed by atoms with E-state index < -0.39 is 48.1 Å². The van der Waals surface area contributed by atoms with Gasteiger partial charge in [0.1, 0.15) is 0 Å². The molecule has 0 aromatic heterocycles. The van der Waals surface area contributed by atoms with E-state index in [9.17, 15) is 4.79 Å². The number of benzene rings is 4. The SMILES string of the molecule is C=CC[Si](C)(C)CCC[Si](CCCNC(=O)N1C[C@@H](P(c2ccccc2)c2ccccc2)C[C@H]1CP(c1ccccc1)c1ccccc1)(CCC[Si](C)(C)CC=C)CCC[Si](C)(C)CC=C. The molecule has 1 saturated heterocycles. The van der Waals surface area contributed by atoms with E-state index in [1.807, 2.05) is 0 Å². The van der Waals surface area contributed by atoms with Gasteiger partial charge in [-0.2, -0.15) is 0 Å². The van der Waals surface area contributed by atoms with Crippen LogP contribution in [0.3, 0.4) is 0 Å². The fourth-order valence-electron chi connectivity index (χ4n) is 10.8. The van der Waals surface area contributed by atoms with Gasteiger partial charge in [-0.25, -0.2) is 4.79 Å². The third kappa shape index (κ3) is 17.3. The summed E-state index contributed by atoms with van der Waals surface area (Å²) in [7, 11) is -6.87. The van der Waals surface area contributed by atoms with E-state index in [0.717, 1.165) is 32.1 Å². The Morgan fingerprint density at radius 1 is 0.561 bits per heavy atom. The number of carbonyl (C=O) groups is 1. The van der Waals surface area contributed by atoms with Gasteiger partial charge in [-0.3, -0.25) is 0 Å². The fraction of sp³-hybridized carbons (Fsp3) is 0.456. The van der Waals surface area contributed by atoms with Crippen LogP contribution >= 0.6 is 15.8 Å². The summed E-state index contributed by atoms with van der Waals surface area (Å²) in [5.74, 6) is 0. The monoisotopic (exact) mass is 989 g/mol. The van der Waals surface area contributed by atoms with Gasteiger partial charge in [0.25, 0.3) is 0 Å². The Bertz CT molecular complexity index is 1900. The molecule has 9 heteroatoms. The molecule has 0 unspecified atom stereocenters. The molecule has 3 nitrogen and oxygen atoms in total. The Morgan fingerprint density at radius 3 is 1.30 bits per heavy atom.